The third-order valence-corrected chi connectivity index (χ3v) is 24.7. The molecule has 0 saturated carbocycles. The van der Waals surface area contributed by atoms with Gasteiger partial charge >= 0.3 is 6.01 Å². The van der Waals surface area contributed by atoms with Crippen molar-refractivity contribution in [2.24, 2.45) is 0 Å². The first-order chi connectivity index (χ1) is 63.4. The molecule has 0 aliphatic carbocycles. The number of aromatic nitrogens is 11. The summed E-state index contributed by atoms with van der Waals surface area (Å²) in [6.45, 7) is 0. The predicted molar refractivity (Wildman–Crippen MR) is 513 cm³/mol. The zero-order chi connectivity index (χ0) is 84.0. The van der Waals surface area contributed by atoms with Crippen molar-refractivity contribution < 1.29 is 26.5 Å². The average molecular weight is 1650 g/mol. The van der Waals surface area contributed by atoms with Crippen LogP contribution in [0.25, 0.3) is 254 Å². The van der Waals surface area contributed by atoms with Gasteiger partial charge in [-0.05, 0) is 133 Å². The molecule has 0 atom stereocenters. The standard InChI is InChI=1S/C40H25N3O.2C25H14N2O2.C21H12N4O/c1-3-11-26(12-4-1)34-24-35(27-13-5-2-6-14-27)42-40(41-34)28-19-21-29(22-20-28)43-36-17-9-7-15-30(36)32-23-33-31-16-8-10-18-38(31)44-39(33)25-37(32)43;1-4-10-20-15(7-1)17-13-18-16-8-2-5-11-22(16)28-24(18)14-21(17)27(20)25-26-19-9-3-6-12-23(19)29-25;1-3-7-21-16(5-1)18-12-19-17-6-2-4-8-23(17)29-25(19)13-22(18)27(21)15-9-10-24-20(11-15)26-14-28-24;1-3-7-17-13(5-1)15-9-16-14-6-2-4-8-19(14)26-20(16)10-18(15)25(17)21-23-11-22-12-24-21/h1-25H;2*1-14H;1-12H. The molecule has 17 nitrogen and oxygen atoms in total. The van der Waals surface area contributed by atoms with E-state index in [0.717, 1.165) is 215 Å². The molecule has 0 aliphatic rings. The maximum absolute atomic E-state index is 6.29. The maximum Gasteiger partial charge on any atom is 0.307 e. The molecular weight excluding hydrogens is 1580 g/mol. The molecule has 0 radical (unpaired) electrons. The van der Waals surface area contributed by atoms with Crippen molar-refractivity contribution in [3.05, 3.63) is 395 Å². The molecule has 0 saturated heterocycles. The first kappa shape index (κ1) is 71.9. The molecule has 0 fully saturated rings. The second-order valence-electron chi connectivity index (χ2n) is 31.9. The molecule has 0 spiro atoms. The van der Waals surface area contributed by atoms with E-state index in [-0.39, 0.29) is 0 Å². The van der Waals surface area contributed by atoms with Crippen molar-refractivity contribution in [2.75, 3.05) is 0 Å². The second-order valence-corrected chi connectivity index (χ2v) is 31.9. The monoisotopic (exact) mass is 1650 g/mol. The lowest BCUT2D eigenvalue weighted by atomic mass is 10.1. The Morgan fingerprint density at radius 2 is 0.570 bits per heavy atom. The van der Waals surface area contributed by atoms with Crippen molar-refractivity contribution in [2.45, 2.75) is 0 Å². The van der Waals surface area contributed by atoms with E-state index in [4.69, 9.17) is 41.5 Å². The maximum atomic E-state index is 6.29. The Balaban J connectivity index is 0.0000000924. The van der Waals surface area contributed by atoms with Crippen LogP contribution >= 0.6 is 0 Å². The summed E-state index contributed by atoms with van der Waals surface area (Å²) in [6.07, 6.45) is 4.52. The third-order valence-electron chi connectivity index (χ3n) is 24.7. The topological polar surface area (TPSA) is 189 Å². The Kier molecular flexibility index (Phi) is 16.2. The molecule has 0 bridgehead atoms. The van der Waals surface area contributed by atoms with Crippen molar-refractivity contribution in [3.8, 4) is 57.2 Å². The fourth-order valence-electron chi connectivity index (χ4n) is 18.9. The normalized spacial score (nSPS) is 11.9. The van der Waals surface area contributed by atoms with Crippen LogP contribution in [-0.4, -0.2) is 53.2 Å². The number of fused-ring (bicyclic) bond motifs is 26. The SMILES string of the molecule is c1ccc(-c2cc(-c3ccccc3)nc(-c3ccc(-n4c5ccccc5c5cc6c(cc54)oc4ccccc46)cc3)n2)cc1.c1ccc2c(c1)oc1cc3c(cc12)c1ccccc1n3-c1ccc2ocnc2c1.c1ccc2c(c1)oc1cc3c(cc12)c1ccccc1n3-c1ncncn1.c1ccc2oc(-n3c4ccccc4c4cc5c(cc43)oc3ccccc35)nc2c1. The first-order valence-corrected chi connectivity index (χ1v) is 42.2. The van der Waals surface area contributed by atoms with Gasteiger partial charge < -0.3 is 35.6 Å². The molecule has 29 rings (SSSR count). The summed E-state index contributed by atoms with van der Waals surface area (Å²) in [6, 6.07) is 130. The number of hydrogen-bond donors (Lipinski definition) is 0. The van der Waals surface area contributed by atoms with E-state index in [9.17, 15) is 0 Å². The van der Waals surface area contributed by atoms with Gasteiger partial charge in [0, 0.05) is 139 Å². The van der Waals surface area contributed by atoms with Crippen LogP contribution in [0.1, 0.15) is 0 Å². The molecule has 17 aromatic carbocycles. The minimum absolute atomic E-state index is 0.563. The van der Waals surface area contributed by atoms with Crippen LogP contribution in [0.15, 0.2) is 422 Å². The fraction of sp³-hybridized carbons (Fsp3) is 0. The number of rotatable bonds is 7. The Hall–Kier alpha value is -17.8. The summed E-state index contributed by atoms with van der Waals surface area (Å²) < 4.78 is 44.9. The molecule has 0 N–H and O–H groups in total. The summed E-state index contributed by atoms with van der Waals surface area (Å²) in [7, 11) is 0. The van der Waals surface area contributed by atoms with Crippen LogP contribution in [0.2, 0.25) is 0 Å². The van der Waals surface area contributed by atoms with Gasteiger partial charge in [-0.3, -0.25) is 9.13 Å². The van der Waals surface area contributed by atoms with E-state index in [2.05, 4.69) is 275 Å². The van der Waals surface area contributed by atoms with E-state index in [1.165, 1.54) is 40.6 Å². The van der Waals surface area contributed by atoms with Gasteiger partial charge in [0.15, 0.2) is 23.4 Å². The summed E-state index contributed by atoms with van der Waals surface area (Å²) in [5.74, 6) is 1.30. The van der Waals surface area contributed by atoms with E-state index < -0.39 is 0 Å². The minimum atomic E-state index is 0.563. The van der Waals surface area contributed by atoms with E-state index in [1.54, 1.807) is 0 Å². The van der Waals surface area contributed by atoms with Crippen LogP contribution in [0.3, 0.4) is 0 Å². The number of oxazole rings is 2. The zero-order valence-electron chi connectivity index (χ0n) is 67.9. The quantitative estimate of drug-likeness (QED) is 0.147. The number of para-hydroxylation sites is 10. The Bertz CT molecular complexity index is 9220. The van der Waals surface area contributed by atoms with Crippen molar-refractivity contribution in [1.82, 2.24) is 53.2 Å². The third kappa shape index (κ3) is 11.7. The number of benzene rings is 17. The summed E-state index contributed by atoms with van der Waals surface area (Å²) in [5.41, 5.74) is 26.1. The molecule has 12 heterocycles. The Morgan fingerprint density at radius 1 is 0.203 bits per heavy atom. The van der Waals surface area contributed by atoms with Crippen LogP contribution in [-0.2, 0) is 0 Å². The summed E-state index contributed by atoms with van der Waals surface area (Å²) in [5, 5.41) is 18.5. The van der Waals surface area contributed by atoms with Gasteiger partial charge in [0.2, 0.25) is 5.95 Å². The fourth-order valence-corrected chi connectivity index (χ4v) is 18.9. The lowest BCUT2D eigenvalue weighted by Crippen LogP contribution is -2.00. The van der Waals surface area contributed by atoms with Gasteiger partial charge in [0.05, 0.1) is 55.5 Å². The molecule has 0 amide bonds. The summed E-state index contributed by atoms with van der Waals surface area (Å²) in [4.78, 5) is 31.8. The highest BCUT2D eigenvalue weighted by Crippen LogP contribution is 2.45. The van der Waals surface area contributed by atoms with Gasteiger partial charge in [-0.15, -0.1) is 0 Å². The van der Waals surface area contributed by atoms with E-state index >= 15 is 0 Å². The lowest BCUT2D eigenvalue weighted by Gasteiger charge is -2.11. The largest absolute Gasteiger partial charge is 0.456 e. The second kappa shape index (κ2) is 28.9. The molecule has 128 heavy (non-hydrogen) atoms. The smallest absolute Gasteiger partial charge is 0.307 e. The number of furan rings is 4. The van der Waals surface area contributed by atoms with E-state index in [0.29, 0.717) is 17.8 Å². The van der Waals surface area contributed by atoms with Crippen LogP contribution in [0.5, 0.6) is 0 Å². The predicted octanol–water partition coefficient (Wildman–Crippen LogP) is 29.0. The molecular formula is C111H65N11O6. The molecule has 0 aliphatic heterocycles. The lowest BCUT2D eigenvalue weighted by molar-refractivity contribution is 0.574. The van der Waals surface area contributed by atoms with Crippen molar-refractivity contribution in [3.63, 3.8) is 0 Å². The van der Waals surface area contributed by atoms with Gasteiger partial charge in [0.25, 0.3) is 0 Å². The zero-order valence-corrected chi connectivity index (χ0v) is 67.9. The van der Waals surface area contributed by atoms with Crippen LogP contribution in [0.4, 0.5) is 0 Å². The van der Waals surface area contributed by atoms with Crippen LogP contribution < -0.4 is 0 Å². The summed E-state index contributed by atoms with van der Waals surface area (Å²) >= 11 is 0. The highest BCUT2D eigenvalue weighted by atomic mass is 16.4. The number of nitrogens with zero attached hydrogens (tertiary/aromatic N) is 11. The first-order valence-electron chi connectivity index (χ1n) is 42.2. The molecule has 29 aromatic rings. The Labute approximate surface area is 724 Å². The van der Waals surface area contributed by atoms with Crippen molar-refractivity contribution >= 4 is 197 Å². The van der Waals surface area contributed by atoms with E-state index in [1.807, 2.05) is 140 Å². The highest BCUT2D eigenvalue weighted by Gasteiger charge is 2.24. The highest BCUT2D eigenvalue weighted by molar-refractivity contribution is 6.22. The van der Waals surface area contributed by atoms with Crippen LogP contribution in [0, 0.1) is 0 Å². The van der Waals surface area contributed by atoms with Gasteiger partial charge in [-0.1, -0.05) is 218 Å². The van der Waals surface area contributed by atoms with Gasteiger partial charge in [0.1, 0.15) is 68.4 Å². The average Bonchev–Trinajstić information content (AvgIpc) is 1.58. The minimum Gasteiger partial charge on any atom is -0.456 e. The molecule has 12 aromatic heterocycles. The van der Waals surface area contributed by atoms with Crippen molar-refractivity contribution in [1.29, 1.82) is 0 Å². The Morgan fingerprint density at radius 3 is 1.02 bits per heavy atom. The van der Waals surface area contributed by atoms with Gasteiger partial charge in [-0.25, -0.2) is 29.9 Å². The molecule has 600 valence electrons. The van der Waals surface area contributed by atoms with Gasteiger partial charge in [-0.2, -0.15) is 4.98 Å². The molecule has 0 unspecified atom stereocenters. The number of hydrogen-bond acceptors (Lipinski definition) is 13. The molecule has 17 heteroatoms.